The van der Waals surface area contributed by atoms with Gasteiger partial charge in [0, 0.05) is 106 Å². The second kappa shape index (κ2) is 107. The molecule has 16 heterocycles. The van der Waals surface area contributed by atoms with E-state index in [0.717, 1.165) is 100 Å². The second-order valence-electron chi connectivity index (χ2n) is 20.1. The van der Waals surface area contributed by atoms with Crippen molar-refractivity contribution >= 4 is 112 Å². The van der Waals surface area contributed by atoms with Crippen LogP contribution in [0.15, 0.2) is 288 Å². The van der Waals surface area contributed by atoms with Crippen LogP contribution < -0.4 is 21.3 Å². The lowest BCUT2D eigenvalue weighted by molar-refractivity contribution is 0.0878. The summed E-state index contributed by atoms with van der Waals surface area (Å²) in [5, 5.41) is 40.2. The number of hydrogen-bond donors (Lipinski definition) is 11. The molecule has 3 aliphatic heterocycles. The van der Waals surface area contributed by atoms with Crippen LogP contribution in [0.4, 0.5) is 17.1 Å². The zero-order chi connectivity index (χ0) is 105. The number of para-hydroxylation sites is 5. The van der Waals surface area contributed by atoms with E-state index in [2.05, 4.69) is 125 Å². The van der Waals surface area contributed by atoms with Gasteiger partial charge in [0.25, 0.3) is 11.8 Å². The number of nitrogens with zero attached hydrogens (tertiary/aromatic N) is 11. The first-order valence-corrected chi connectivity index (χ1v) is 49.2. The summed E-state index contributed by atoms with van der Waals surface area (Å²) in [5.74, 6) is 0.248. The lowest BCUT2D eigenvalue weighted by atomic mass is 10.1. The van der Waals surface area contributed by atoms with Gasteiger partial charge in [-0.2, -0.15) is 25.6 Å². The number of fused-ring (bicyclic) bond motifs is 10. The maximum absolute atomic E-state index is 11.2. The Bertz CT molecular complexity index is 4440. The molecule has 0 saturated heterocycles. The number of nitrogens with one attached hydrogen (secondary N) is 11. The van der Waals surface area contributed by atoms with Crippen molar-refractivity contribution in [2.24, 2.45) is 0 Å². The maximum Gasteiger partial charge on any atom is 0.258 e. The SMILES string of the molecule is C=C1Nc2ccccc2C1=O.C=C1Nc2ccccc2N1.CC.CC.CC.CC.CC.CC.CC.CC.CC.CC.CC.CC.CC.CC.CC.CC.CC.CC.CC.CC.O=C1NC(=O)c2ccccc21.c1cc2[nH]ccc2cn1.c1cc2cc[nH]c2cn1.c1ccc2n[nH]nc2c1.c1cnc2[nH]ccc2c1.c1cnc2[nH]ncc2c1.c1cnc2cc[nH]c2c1.c1ncc2cn[nH]c2n1. The first kappa shape index (κ1) is 141. The number of rotatable bonds is 0. The number of aromatic amines is 7. The Balaban J connectivity index is -0.000000154. The fraction of sp³-hybridized carbons (Fsp3) is 0.364. The number of imide groups is 1. The van der Waals surface area contributed by atoms with Gasteiger partial charge in [-0.05, 0) is 121 Å². The van der Waals surface area contributed by atoms with Crippen molar-refractivity contribution < 1.29 is 14.4 Å². The molecule has 17 aromatic rings. The Morgan fingerprint density at radius 2 is 0.637 bits per heavy atom. The Labute approximate surface area is 814 Å². The number of anilines is 3. The van der Waals surface area contributed by atoms with Gasteiger partial charge in [-0.15, -0.1) is 0 Å². The summed E-state index contributed by atoms with van der Waals surface area (Å²) >= 11 is 0. The first-order chi connectivity index (χ1) is 66.7. The third kappa shape index (κ3) is 57.7. The molecule has 2 amide bonds. The average molecular weight is 1860 g/mol. The minimum absolute atomic E-state index is 0.000556. The Hall–Kier alpha value is -14.1. The molecule has 0 fully saturated rings. The number of amides is 2. The average Bonchev–Trinajstić information content (AvgIpc) is 1.68. The number of aromatic nitrogens is 18. The number of carbonyl (C=O) groups is 3. The highest BCUT2D eigenvalue weighted by molar-refractivity contribution is 6.21. The molecule has 135 heavy (non-hydrogen) atoms. The van der Waals surface area contributed by atoms with E-state index in [9.17, 15) is 14.4 Å². The topological polar surface area (TPSA) is 352 Å². The minimum Gasteiger partial charge on any atom is -0.361 e. The molecule has 0 aliphatic carbocycles. The lowest BCUT2D eigenvalue weighted by Gasteiger charge is -1.93. The van der Waals surface area contributed by atoms with Gasteiger partial charge in [0.2, 0.25) is 5.78 Å². The van der Waals surface area contributed by atoms with Gasteiger partial charge in [-0.1, -0.05) is 339 Å². The van der Waals surface area contributed by atoms with E-state index in [0.29, 0.717) is 16.8 Å². The highest BCUT2D eigenvalue weighted by Crippen LogP contribution is 2.29. The molecule has 746 valence electrons. The third-order valence-electron chi connectivity index (χ3n) is 13.8. The van der Waals surface area contributed by atoms with Crippen LogP contribution in [-0.4, -0.2) is 108 Å². The summed E-state index contributed by atoms with van der Waals surface area (Å²) in [4.78, 5) is 73.2. The molecular formula is C110H178N22O3. The van der Waals surface area contributed by atoms with Crippen molar-refractivity contribution in [3.8, 4) is 0 Å². The van der Waals surface area contributed by atoms with E-state index in [-0.39, 0.29) is 17.6 Å². The molecule has 11 N–H and O–H groups in total. The molecule has 20 rings (SSSR count). The Morgan fingerprint density at radius 1 is 0.252 bits per heavy atom. The van der Waals surface area contributed by atoms with E-state index in [1.54, 1.807) is 79.9 Å². The highest BCUT2D eigenvalue weighted by atomic mass is 16.2. The van der Waals surface area contributed by atoms with E-state index in [1.165, 1.54) is 11.7 Å². The predicted molar refractivity (Wildman–Crippen MR) is 595 cm³/mol. The molecule has 0 unspecified atom stereocenters. The van der Waals surface area contributed by atoms with Gasteiger partial charge in [0.1, 0.15) is 28.8 Å². The molecule has 25 nitrogen and oxygen atoms in total. The van der Waals surface area contributed by atoms with Crippen LogP contribution in [0.1, 0.15) is 308 Å². The number of allylic oxidation sites excluding steroid dienone is 1. The molecule has 0 spiro atoms. The molecule has 3 aliphatic rings. The number of carbonyl (C=O) groups excluding carboxylic acids is 3. The summed E-state index contributed by atoms with van der Waals surface area (Å²) in [6.07, 6.45) is 26.8. The molecule has 0 saturated carbocycles. The van der Waals surface area contributed by atoms with Crippen molar-refractivity contribution in [3.05, 3.63) is 304 Å². The monoisotopic (exact) mass is 1860 g/mol. The van der Waals surface area contributed by atoms with Gasteiger partial charge < -0.3 is 35.9 Å². The summed E-state index contributed by atoms with van der Waals surface area (Å²) in [6.45, 7) is 87.3. The van der Waals surface area contributed by atoms with Crippen LogP contribution in [0, 0.1) is 0 Å². The number of ketones is 1. The number of hydrogen-bond acceptors (Lipinski definition) is 17. The van der Waals surface area contributed by atoms with Gasteiger partial charge in [0.15, 0.2) is 11.3 Å². The first-order valence-electron chi connectivity index (χ1n) is 49.2. The number of H-pyrrole nitrogens is 7. The molecular weight excluding hydrogens is 1680 g/mol. The van der Waals surface area contributed by atoms with Crippen molar-refractivity contribution in [1.82, 2.24) is 95.9 Å². The molecule has 25 heteroatoms. The lowest BCUT2D eigenvalue weighted by Crippen LogP contribution is -2.19. The zero-order valence-corrected chi connectivity index (χ0v) is 90.4. The largest absolute Gasteiger partial charge is 0.361 e. The number of Topliss-reactive ketones (excluding diaryl/α,β-unsaturated/α-hetero) is 1. The molecule has 0 bridgehead atoms. The van der Waals surface area contributed by atoms with Crippen LogP contribution in [0.2, 0.25) is 0 Å². The predicted octanol–water partition coefficient (Wildman–Crippen LogP) is 33.4. The standard InChI is InChI=1S/C9H7NO.C8H8N2.C8H5NO2.4C7H6N2.2C6H5N3.C5H4N4.20C2H6/c1-6-9(11)7-4-2-3-5-8(7)10-6;1-6-9-7-4-2-3-5-8(7)10-6;10-7-5-3-1-2-4-6(5)8(11)9-7;1-4-9-7-2-3-8-5-6(1)7;1-3-8-5-7-6(1)2-4-9-7;1-2-6-7(8-4-1)3-5-9-6;1-2-6-3-5-9-7(6)8-4-1;1-2-5-4-8-9-6(5)7-3-1;1-2-4-6-5(3-1)7-9-8-6;1-4-2-8-9-5(4)7-3-6-1;20*1-2/h2-5,10H,1H2;2-5,9-10H,1H2;1-4H,(H,9,10,11);3*1-5,9H;1-5H,(H,8,9);2*1-4H,(H,7,8,9);1-3H,(H,6,7,8,9);20*1-2H3. The fourth-order valence-electron chi connectivity index (χ4n) is 9.15. The van der Waals surface area contributed by atoms with E-state index in [4.69, 9.17) is 0 Å². The van der Waals surface area contributed by atoms with E-state index < -0.39 is 0 Å². The summed E-state index contributed by atoms with van der Waals surface area (Å²) in [7, 11) is 0. The van der Waals surface area contributed by atoms with Crippen LogP contribution in [0.3, 0.4) is 0 Å². The van der Waals surface area contributed by atoms with Crippen molar-refractivity contribution in [1.29, 1.82) is 0 Å². The van der Waals surface area contributed by atoms with Gasteiger partial charge in [0.05, 0.1) is 68.7 Å². The second-order valence-corrected chi connectivity index (χ2v) is 20.1. The van der Waals surface area contributed by atoms with Gasteiger partial charge in [-0.3, -0.25) is 44.8 Å². The maximum atomic E-state index is 11.2. The van der Waals surface area contributed by atoms with Crippen molar-refractivity contribution in [2.45, 2.75) is 277 Å². The number of benzene rings is 4. The summed E-state index contributed by atoms with van der Waals surface area (Å²) < 4.78 is 0. The smallest absolute Gasteiger partial charge is 0.258 e. The molecule has 0 atom stereocenters. The molecule has 0 radical (unpaired) electrons. The molecule has 13 aromatic heterocycles. The quantitative estimate of drug-likeness (QED) is 0.0496. The van der Waals surface area contributed by atoms with Crippen LogP contribution in [0.25, 0.3) is 77.0 Å². The van der Waals surface area contributed by atoms with Crippen molar-refractivity contribution in [3.63, 3.8) is 0 Å². The van der Waals surface area contributed by atoms with Crippen molar-refractivity contribution in [2.75, 3.05) is 16.0 Å². The normalized spacial score (nSPS) is 9.05. The number of pyridine rings is 5. The fourth-order valence-corrected chi connectivity index (χ4v) is 9.15. The van der Waals surface area contributed by atoms with E-state index in [1.807, 2.05) is 454 Å². The van der Waals surface area contributed by atoms with Crippen LogP contribution in [-0.2, 0) is 0 Å². The highest BCUT2D eigenvalue weighted by Gasteiger charge is 2.25. The summed E-state index contributed by atoms with van der Waals surface area (Å²) in [6, 6.07) is 53.5. The minimum atomic E-state index is -0.300. The molecule has 4 aromatic carbocycles. The summed E-state index contributed by atoms with van der Waals surface area (Å²) in [5.41, 5.74) is 14.0. The Morgan fingerprint density at radius 3 is 1.11 bits per heavy atom. The third-order valence-corrected chi connectivity index (χ3v) is 13.8. The van der Waals surface area contributed by atoms with Crippen LogP contribution >= 0.6 is 0 Å². The van der Waals surface area contributed by atoms with Gasteiger partial charge >= 0.3 is 0 Å². The van der Waals surface area contributed by atoms with Gasteiger partial charge in [-0.25, -0.2) is 19.9 Å². The Kier molecular flexibility index (Phi) is 112. The van der Waals surface area contributed by atoms with E-state index >= 15 is 0 Å². The zero-order valence-electron chi connectivity index (χ0n) is 90.4. The van der Waals surface area contributed by atoms with Crippen LogP contribution in [0.5, 0.6) is 0 Å².